The lowest BCUT2D eigenvalue weighted by atomic mass is 10.2. The Labute approximate surface area is 77.8 Å². The Bertz CT molecular complexity index is 324. The first-order valence-corrected chi connectivity index (χ1v) is 4.91. The lowest BCUT2D eigenvalue weighted by Crippen LogP contribution is -2.39. The molecule has 0 saturated carbocycles. The fraction of sp³-hybridized carbons (Fsp3) is 0.500. The van der Waals surface area contributed by atoms with Crippen molar-refractivity contribution in [2.75, 3.05) is 23.3 Å². The first-order chi connectivity index (χ1) is 6.45. The second-order valence-corrected chi connectivity index (χ2v) is 3.74. The summed E-state index contributed by atoms with van der Waals surface area (Å²) in [5.74, 6) is 1.15. The third-order valence-electron chi connectivity index (χ3n) is 2.96. The van der Waals surface area contributed by atoms with E-state index in [4.69, 9.17) is 0 Å². The normalized spacial score (nSPS) is 24.9. The molecule has 1 aromatic rings. The molecule has 1 saturated heterocycles. The SMILES string of the molecule is c1cnc2c(c1)NC[C@@H]1CCCN21. The Morgan fingerprint density at radius 1 is 1.54 bits per heavy atom. The van der Waals surface area contributed by atoms with Gasteiger partial charge in [0, 0.05) is 25.3 Å². The van der Waals surface area contributed by atoms with E-state index in [-0.39, 0.29) is 0 Å². The van der Waals surface area contributed by atoms with Crippen molar-refractivity contribution in [1.29, 1.82) is 0 Å². The van der Waals surface area contributed by atoms with E-state index in [1.54, 1.807) is 0 Å². The minimum Gasteiger partial charge on any atom is -0.380 e. The zero-order chi connectivity index (χ0) is 8.67. The number of nitrogens with zero attached hydrogens (tertiary/aromatic N) is 2. The number of fused-ring (bicyclic) bond motifs is 3. The van der Waals surface area contributed by atoms with E-state index in [0.29, 0.717) is 6.04 Å². The van der Waals surface area contributed by atoms with Crippen LogP contribution in [0.5, 0.6) is 0 Å². The van der Waals surface area contributed by atoms with Crippen LogP contribution in [0.25, 0.3) is 0 Å². The van der Waals surface area contributed by atoms with Gasteiger partial charge in [0.05, 0.1) is 5.69 Å². The van der Waals surface area contributed by atoms with Gasteiger partial charge in [0.15, 0.2) is 5.82 Å². The molecule has 3 nitrogen and oxygen atoms in total. The summed E-state index contributed by atoms with van der Waals surface area (Å²) in [6, 6.07) is 4.78. The molecule has 0 aliphatic carbocycles. The molecular weight excluding hydrogens is 162 g/mol. The number of anilines is 2. The molecule has 0 spiro atoms. The number of pyridine rings is 1. The summed E-state index contributed by atoms with van der Waals surface area (Å²) in [4.78, 5) is 6.86. The highest BCUT2D eigenvalue weighted by Gasteiger charge is 2.30. The molecule has 0 amide bonds. The van der Waals surface area contributed by atoms with E-state index in [9.17, 15) is 0 Å². The van der Waals surface area contributed by atoms with E-state index < -0.39 is 0 Å². The molecule has 0 unspecified atom stereocenters. The fourth-order valence-electron chi connectivity index (χ4n) is 2.32. The Morgan fingerprint density at radius 3 is 3.54 bits per heavy atom. The highest BCUT2D eigenvalue weighted by Crippen LogP contribution is 2.33. The van der Waals surface area contributed by atoms with Crippen molar-refractivity contribution >= 4 is 11.5 Å². The van der Waals surface area contributed by atoms with Gasteiger partial charge >= 0.3 is 0 Å². The molecule has 3 heteroatoms. The van der Waals surface area contributed by atoms with Crippen LogP contribution in [0.1, 0.15) is 12.8 Å². The Morgan fingerprint density at radius 2 is 2.54 bits per heavy atom. The van der Waals surface area contributed by atoms with Crippen molar-refractivity contribution in [3.8, 4) is 0 Å². The van der Waals surface area contributed by atoms with Crippen molar-refractivity contribution < 1.29 is 0 Å². The molecule has 0 bridgehead atoms. The smallest absolute Gasteiger partial charge is 0.152 e. The molecule has 1 atom stereocenters. The van der Waals surface area contributed by atoms with Gasteiger partial charge in [-0.3, -0.25) is 0 Å². The molecule has 68 valence electrons. The summed E-state index contributed by atoms with van der Waals surface area (Å²) in [6.45, 7) is 2.26. The molecule has 1 N–H and O–H groups in total. The summed E-state index contributed by atoms with van der Waals surface area (Å²) >= 11 is 0. The molecule has 0 radical (unpaired) electrons. The maximum atomic E-state index is 4.43. The molecule has 13 heavy (non-hydrogen) atoms. The van der Waals surface area contributed by atoms with E-state index in [1.807, 2.05) is 12.3 Å². The van der Waals surface area contributed by atoms with E-state index in [2.05, 4.69) is 21.3 Å². The number of nitrogens with one attached hydrogen (secondary N) is 1. The van der Waals surface area contributed by atoms with Crippen LogP contribution >= 0.6 is 0 Å². The monoisotopic (exact) mass is 175 g/mol. The first-order valence-electron chi connectivity index (χ1n) is 4.91. The second-order valence-electron chi connectivity index (χ2n) is 3.74. The average molecular weight is 175 g/mol. The van der Waals surface area contributed by atoms with Gasteiger partial charge in [0.25, 0.3) is 0 Å². The van der Waals surface area contributed by atoms with Crippen LogP contribution in [0, 0.1) is 0 Å². The maximum absolute atomic E-state index is 4.43. The van der Waals surface area contributed by atoms with Crippen LogP contribution in [0.3, 0.4) is 0 Å². The zero-order valence-corrected chi connectivity index (χ0v) is 7.53. The summed E-state index contributed by atoms with van der Waals surface area (Å²) in [5.41, 5.74) is 1.20. The lowest BCUT2D eigenvalue weighted by Gasteiger charge is -2.32. The summed E-state index contributed by atoms with van der Waals surface area (Å²) in [5, 5.41) is 3.43. The Kier molecular flexibility index (Phi) is 1.45. The van der Waals surface area contributed by atoms with Crippen molar-refractivity contribution in [2.24, 2.45) is 0 Å². The topological polar surface area (TPSA) is 28.2 Å². The van der Waals surface area contributed by atoms with Gasteiger partial charge in [-0.05, 0) is 25.0 Å². The third kappa shape index (κ3) is 0.996. The van der Waals surface area contributed by atoms with Crippen LogP contribution in [-0.2, 0) is 0 Å². The lowest BCUT2D eigenvalue weighted by molar-refractivity contribution is 0.675. The Hall–Kier alpha value is -1.25. The highest BCUT2D eigenvalue weighted by atomic mass is 15.3. The molecule has 0 aromatic carbocycles. The van der Waals surface area contributed by atoms with Crippen LogP contribution in [0.2, 0.25) is 0 Å². The number of hydrogen-bond acceptors (Lipinski definition) is 3. The Balaban J connectivity index is 2.06. The van der Waals surface area contributed by atoms with Crippen molar-refractivity contribution in [2.45, 2.75) is 18.9 Å². The molecule has 2 aliphatic heterocycles. The summed E-state index contributed by atoms with van der Waals surface area (Å²) in [6.07, 6.45) is 4.49. The van der Waals surface area contributed by atoms with Crippen LogP contribution in [0.15, 0.2) is 18.3 Å². The first kappa shape index (κ1) is 7.18. The third-order valence-corrected chi connectivity index (χ3v) is 2.96. The molecule has 2 aliphatic rings. The van der Waals surface area contributed by atoms with Crippen molar-refractivity contribution in [1.82, 2.24) is 4.98 Å². The predicted octanol–water partition coefficient (Wildman–Crippen LogP) is 1.48. The summed E-state index contributed by atoms with van der Waals surface area (Å²) in [7, 11) is 0. The second kappa shape index (κ2) is 2.62. The fourth-order valence-corrected chi connectivity index (χ4v) is 2.32. The summed E-state index contributed by atoms with van der Waals surface area (Å²) < 4.78 is 0. The molecule has 1 aromatic heterocycles. The van der Waals surface area contributed by atoms with E-state index in [0.717, 1.165) is 12.4 Å². The van der Waals surface area contributed by atoms with Crippen LogP contribution < -0.4 is 10.2 Å². The minimum atomic E-state index is 0.683. The van der Waals surface area contributed by atoms with E-state index >= 15 is 0 Å². The van der Waals surface area contributed by atoms with Gasteiger partial charge in [0.1, 0.15) is 0 Å². The zero-order valence-electron chi connectivity index (χ0n) is 7.53. The van der Waals surface area contributed by atoms with Crippen molar-refractivity contribution in [3.05, 3.63) is 18.3 Å². The van der Waals surface area contributed by atoms with Gasteiger partial charge in [-0.1, -0.05) is 0 Å². The average Bonchev–Trinajstić information content (AvgIpc) is 2.65. The minimum absolute atomic E-state index is 0.683. The van der Waals surface area contributed by atoms with E-state index in [1.165, 1.54) is 25.1 Å². The number of hydrogen-bond donors (Lipinski definition) is 1. The maximum Gasteiger partial charge on any atom is 0.152 e. The van der Waals surface area contributed by atoms with Gasteiger partial charge in [0.2, 0.25) is 0 Å². The van der Waals surface area contributed by atoms with Gasteiger partial charge in [-0.15, -0.1) is 0 Å². The molecule has 1 fully saturated rings. The predicted molar refractivity (Wildman–Crippen MR) is 53.1 cm³/mol. The molecular formula is C10H13N3. The largest absolute Gasteiger partial charge is 0.380 e. The van der Waals surface area contributed by atoms with Crippen LogP contribution in [-0.4, -0.2) is 24.1 Å². The number of rotatable bonds is 0. The molecule has 3 rings (SSSR count). The highest BCUT2D eigenvalue weighted by molar-refractivity contribution is 5.68. The van der Waals surface area contributed by atoms with Crippen LogP contribution in [0.4, 0.5) is 11.5 Å². The quantitative estimate of drug-likeness (QED) is 0.647. The van der Waals surface area contributed by atoms with Gasteiger partial charge in [-0.2, -0.15) is 0 Å². The van der Waals surface area contributed by atoms with Gasteiger partial charge in [-0.25, -0.2) is 4.98 Å². The van der Waals surface area contributed by atoms with Crippen molar-refractivity contribution in [3.63, 3.8) is 0 Å². The standard InChI is InChI=1S/C10H13N3/c1-4-9-10(11-5-1)13-6-2-3-8(13)7-12-9/h1,4-5,8,12H,2-3,6-7H2/t8-/m0/s1. The number of aromatic nitrogens is 1. The van der Waals surface area contributed by atoms with Gasteiger partial charge < -0.3 is 10.2 Å². The molecule has 3 heterocycles.